The van der Waals surface area contributed by atoms with Gasteiger partial charge in [-0.05, 0) is 42.0 Å². The smallest absolute Gasteiger partial charge is 0.205 e. The Morgan fingerprint density at radius 3 is 2.79 bits per heavy atom. The van der Waals surface area contributed by atoms with Gasteiger partial charge in [-0.15, -0.1) is 10.2 Å². The van der Waals surface area contributed by atoms with E-state index in [0.717, 1.165) is 22.3 Å². The molecule has 0 unspecified atom stereocenters. The molecule has 118 valence electrons. The molecule has 0 saturated heterocycles. The van der Waals surface area contributed by atoms with Gasteiger partial charge in [-0.1, -0.05) is 12.1 Å². The first-order valence-corrected chi connectivity index (χ1v) is 7.37. The Hall–Kier alpha value is -3.48. The average molecular weight is 318 g/mol. The largest absolute Gasteiger partial charge is 0.497 e. The van der Waals surface area contributed by atoms with E-state index in [9.17, 15) is 0 Å². The summed E-state index contributed by atoms with van der Waals surface area (Å²) in [6, 6.07) is 15.4. The van der Waals surface area contributed by atoms with Crippen molar-refractivity contribution in [3.8, 4) is 5.75 Å². The van der Waals surface area contributed by atoms with Crippen LogP contribution < -0.4 is 10.2 Å². The van der Waals surface area contributed by atoms with Gasteiger partial charge >= 0.3 is 0 Å². The molecule has 0 saturated carbocycles. The van der Waals surface area contributed by atoms with E-state index in [4.69, 9.17) is 4.74 Å². The quantitative estimate of drug-likeness (QED) is 0.462. The van der Waals surface area contributed by atoms with Crippen LogP contribution in [0.3, 0.4) is 0 Å². The molecule has 7 nitrogen and oxygen atoms in total. The minimum Gasteiger partial charge on any atom is -0.497 e. The van der Waals surface area contributed by atoms with Crippen molar-refractivity contribution in [2.75, 3.05) is 12.5 Å². The summed E-state index contributed by atoms with van der Waals surface area (Å²) in [5, 5.41) is 12.3. The molecular formula is C17H14N6O. The van der Waals surface area contributed by atoms with Gasteiger partial charge in [0.2, 0.25) is 5.65 Å². The summed E-state index contributed by atoms with van der Waals surface area (Å²) in [5.74, 6) is 1.36. The lowest BCUT2D eigenvalue weighted by Crippen LogP contribution is -1.99. The molecular weight excluding hydrogens is 304 g/mol. The molecule has 0 radical (unpaired) electrons. The van der Waals surface area contributed by atoms with Gasteiger partial charge in [-0.2, -0.15) is 5.10 Å². The Kier molecular flexibility index (Phi) is 3.51. The van der Waals surface area contributed by atoms with Crippen LogP contribution in [-0.4, -0.2) is 32.9 Å². The SMILES string of the molecule is COc1ccc(C=NNc2nc3ccccc3n3cnnc23)cc1. The molecule has 2 aromatic carbocycles. The van der Waals surface area contributed by atoms with Gasteiger partial charge < -0.3 is 4.74 Å². The molecule has 0 aliphatic carbocycles. The van der Waals surface area contributed by atoms with E-state index in [0.29, 0.717) is 11.5 Å². The zero-order chi connectivity index (χ0) is 16.4. The van der Waals surface area contributed by atoms with Gasteiger partial charge in [-0.3, -0.25) is 9.83 Å². The molecule has 2 aromatic heterocycles. The van der Waals surface area contributed by atoms with Crippen LogP contribution in [0, 0.1) is 0 Å². The average Bonchev–Trinajstić information content (AvgIpc) is 3.13. The predicted octanol–water partition coefficient (Wildman–Crippen LogP) is 2.73. The van der Waals surface area contributed by atoms with Crippen LogP contribution in [0.2, 0.25) is 0 Å². The molecule has 4 rings (SSSR count). The highest BCUT2D eigenvalue weighted by Gasteiger charge is 2.08. The summed E-state index contributed by atoms with van der Waals surface area (Å²) in [5.41, 5.74) is 6.30. The van der Waals surface area contributed by atoms with Crippen molar-refractivity contribution >= 4 is 28.7 Å². The first-order chi connectivity index (χ1) is 11.8. The summed E-state index contributed by atoms with van der Waals surface area (Å²) in [4.78, 5) is 4.57. The van der Waals surface area contributed by atoms with E-state index in [2.05, 4.69) is 25.7 Å². The topological polar surface area (TPSA) is 76.7 Å². The summed E-state index contributed by atoms with van der Waals surface area (Å²) >= 11 is 0. The van der Waals surface area contributed by atoms with Crippen molar-refractivity contribution < 1.29 is 4.74 Å². The lowest BCUT2D eigenvalue weighted by molar-refractivity contribution is 0.415. The number of hydrazone groups is 1. The van der Waals surface area contributed by atoms with E-state index in [-0.39, 0.29) is 0 Å². The molecule has 0 aliphatic heterocycles. The maximum Gasteiger partial charge on any atom is 0.205 e. The maximum atomic E-state index is 5.14. The molecule has 0 aliphatic rings. The molecule has 7 heteroatoms. The highest BCUT2D eigenvalue weighted by atomic mass is 16.5. The van der Waals surface area contributed by atoms with Crippen molar-refractivity contribution in [1.29, 1.82) is 0 Å². The normalized spacial score (nSPS) is 11.4. The third kappa shape index (κ3) is 2.52. The fourth-order valence-corrected chi connectivity index (χ4v) is 2.44. The van der Waals surface area contributed by atoms with Gasteiger partial charge in [-0.25, -0.2) is 4.98 Å². The van der Waals surface area contributed by atoms with Crippen molar-refractivity contribution in [2.24, 2.45) is 5.10 Å². The Labute approximate surface area is 137 Å². The first-order valence-electron chi connectivity index (χ1n) is 7.37. The summed E-state index contributed by atoms with van der Waals surface area (Å²) < 4.78 is 7.02. The minimum atomic E-state index is 0.552. The number of nitrogens with zero attached hydrogens (tertiary/aromatic N) is 5. The predicted molar refractivity (Wildman–Crippen MR) is 92.5 cm³/mol. The van der Waals surface area contributed by atoms with Crippen molar-refractivity contribution in [1.82, 2.24) is 19.6 Å². The molecule has 0 spiro atoms. The van der Waals surface area contributed by atoms with E-state index in [1.54, 1.807) is 19.7 Å². The van der Waals surface area contributed by atoms with Gasteiger partial charge in [0.15, 0.2) is 5.82 Å². The highest BCUT2D eigenvalue weighted by molar-refractivity contribution is 5.84. The van der Waals surface area contributed by atoms with E-state index in [1.165, 1.54) is 0 Å². The molecule has 1 N–H and O–H groups in total. The minimum absolute atomic E-state index is 0.552. The highest BCUT2D eigenvalue weighted by Crippen LogP contribution is 2.19. The van der Waals surface area contributed by atoms with Crippen molar-refractivity contribution in [3.63, 3.8) is 0 Å². The van der Waals surface area contributed by atoms with Gasteiger partial charge in [0.05, 0.1) is 24.4 Å². The summed E-state index contributed by atoms with van der Waals surface area (Å²) in [7, 11) is 1.64. The van der Waals surface area contributed by atoms with Crippen LogP contribution in [0.15, 0.2) is 60.0 Å². The molecule has 0 amide bonds. The van der Waals surface area contributed by atoms with Crippen LogP contribution in [0.25, 0.3) is 16.7 Å². The molecule has 0 atom stereocenters. The van der Waals surface area contributed by atoms with Crippen LogP contribution in [0.4, 0.5) is 5.82 Å². The van der Waals surface area contributed by atoms with E-state index in [1.807, 2.05) is 52.9 Å². The van der Waals surface area contributed by atoms with Crippen LogP contribution >= 0.6 is 0 Å². The number of rotatable bonds is 4. The molecule has 24 heavy (non-hydrogen) atoms. The van der Waals surface area contributed by atoms with E-state index < -0.39 is 0 Å². The lowest BCUT2D eigenvalue weighted by Gasteiger charge is -2.05. The third-order valence-electron chi connectivity index (χ3n) is 3.63. The Morgan fingerprint density at radius 1 is 1.12 bits per heavy atom. The fraction of sp³-hybridized carbons (Fsp3) is 0.0588. The standard InChI is InChI=1S/C17H14N6O/c1-24-13-8-6-12(7-9-13)10-18-21-16-17-22-19-11-23(17)15-5-3-2-4-14(15)20-16/h2-11H,1H3,(H,20,21). The van der Waals surface area contributed by atoms with Crippen LogP contribution in [-0.2, 0) is 0 Å². The number of hydrogen-bond donors (Lipinski definition) is 1. The molecule has 2 heterocycles. The van der Waals surface area contributed by atoms with Crippen molar-refractivity contribution in [2.45, 2.75) is 0 Å². The Balaban J connectivity index is 1.65. The number of benzene rings is 2. The Morgan fingerprint density at radius 2 is 1.96 bits per heavy atom. The van der Waals surface area contributed by atoms with Crippen LogP contribution in [0.1, 0.15) is 5.56 Å². The summed E-state index contributed by atoms with van der Waals surface area (Å²) in [6.07, 6.45) is 3.38. The van der Waals surface area contributed by atoms with Gasteiger partial charge in [0.25, 0.3) is 0 Å². The zero-order valence-electron chi connectivity index (χ0n) is 12.9. The lowest BCUT2D eigenvalue weighted by atomic mass is 10.2. The number of ether oxygens (including phenoxy) is 1. The number of para-hydroxylation sites is 2. The zero-order valence-corrected chi connectivity index (χ0v) is 12.9. The molecule has 0 bridgehead atoms. The number of methoxy groups -OCH3 is 1. The van der Waals surface area contributed by atoms with Gasteiger partial charge in [0.1, 0.15) is 12.1 Å². The fourth-order valence-electron chi connectivity index (χ4n) is 2.44. The first kappa shape index (κ1) is 14.1. The maximum absolute atomic E-state index is 5.14. The van der Waals surface area contributed by atoms with Crippen LogP contribution in [0.5, 0.6) is 5.75 Å². The number of hydrogen-bond acceptors (Lipinski definition) is 6. The van der Waals surface area contributed by atoms with Crippen molar-refractivity contribution in [3.05, 3.63) is 60.4 Å². The van der Waals surface area contributed by atoms with Gasteiger partial charge in [0, 0.05) is 0 Å². The number of nitrogens with one attached hydrogen (secondary N) is 1. The molecule has 0 fully saturated rings. The second-order valence-corrected chi connectivity index (χ2v) is 5.12. The monoisotopic (exact) mass is 318 g/mol. The summed E-state index contributed by atoms with van der Waals surface area (Å²) in [6.45, 7) is 0. The number of anilines is 1. The second-order valence-electron chi connectivity index (χ2n) is 5.12. The third-order valence-corrected chi connectivity index (χ3v) is 3.63. The number of aromatic nitrogens is 4. The molecule has 4 aromatic rings. The van der Waals surface area contributed by atoms with E-state index >= 15 is 0 Å². The Bertz CT molecular complexity index is 1020. The number of fused-ring (bicyclic) bond motifs is 3. The second kappa shape index (κ2) is 5.96.